The summed E-state index contributed by atoms with van der Waals surface area (Å²) >= 11 is 13.8. The van der Waals surface area contributed by atoms with E-state index in [0.29, 0.717) is 34.7 Å². The van der Waals surface area contributed by atoms with Gasteiger partial charge in [-0.05, 0) is 30.7 Å². The zero-order chi connectivity index (χ0) is 22.5. The molecule has 2 heterocycles. The third kappa shape index (κ3) is 5.68. The van der Waals surface area contributed by atoms with Crippen molar-refractivity contribution in [3.05, 3.63) is 92.0 Å². The van der Waals surface area contributed by atoms with Crippen molar-refractivity contribution in [3.8, 4) is 5.75 Å². The molecule has 4 rings (SSSR count). The standard InChI is InChI=1S/C23H20Cl2N4O2S/c1-15-5-7-18(8-6-15)31-13-22-27-17(14-32-22)11-21(30)28-20-9-10-26-29(20)12-16-3-2-4-19(24)23(16)25/h2-10,14H,11-13H2,1H3,(H,28,30). The van der Waals surface area contributed by atoms with Gasteiger partial charge in [-0.25, -0.2) is 9.67 Å². The maximum atomic E-state index is 12.6. The molecule has 6 nitrogen and oxygen atoms in total. The van der Waals surface area contributed by atoms with Gasteiger partial charge < -0.3 is 10.1 Å². The van der Waals surface area contributed by atoms with Crippen molar-refractivity contribution in [1.29, 1.82) is 0 Å². The van der Waals surface area contributed by atoms with Gasteiger partial charge in [0.05, 0.1) is 34.9 Å². The minimum Gasteiger partial charge on any atom is -0.486 e. The van der Waals surface area contributed by atoms with Crippen LogP contribution < -0.4 is 10.1 Å². The summed E-state index contributed by atoms with van der Waals surface area (Å²) in [6.07, 6.45) is 1.78. The van der Waals surface area contributed by atoms with Gasteiger partial charge in [0.2, 0.25) is 5.91 Å². The van der Waals surface area contributed by atoms with Gasteiger partial charge in [-0.2, -0.15) is 5.10 Å². The highest BCUT2D eigenvalue weighted by atomic mass is 35.5. The first-order valence-electron chi connectivity index (χ1n) is 9.85. The van der Waals surface area contributed by atoms with Crippen LogP contribution in [-0.2, 0) is 24.4 Å². The number of nitrogens with one attached hydrogen (secondary N) is 1. The van der Waals surface area contributed by atoms with E-state index < -0.39 is 0 Å². The first kappa shape index (κ1) is 22.3. The number of carbonyl (C=O) groups is 1. The van der Waals surface area contributed by atoms with Gasteiger partial charge in [0.1, 0.15) is 23.2 Å². The Morgan fingerprint density at radius 2 is 1.97 bits per heavy atom. The lowest BCUT2D eigenvalue weighted by Gasteiger charge is -2.10. The van der Waals surface area contributed by atoms with E-state index in [1.165, 1.54) is 16.9 Å². The summed E-state index contributed by atoms with van der Waals surface area (Å²) in [7, 11) is 0. The quantitative estimate of drug-likeness (QED) is 0.343. The Morgan fingerprint density at radius 1 is 1.16 bits per heavy atom. The third-order valence-corrected chi connectivity index (χ3v) is 6.39. The normalized spacial score (nSPS) is 10.8. The Balaban J connectivity index is 1.33. The largest absolute Gasteiger partial charge is 0.486 e. The molecule has 0 unspecified atom stereocenters. The minimum absolute atomic E-state index is 0.157. The number of benzene rings is 2. The molecule has 1 amide bonds. The number of anilines is 1. The van der Waals surface area contributed by atoms with Gasteiger partial charge >= 0.3 is 0 Å². The summed E-state index contributed by atoms with van der Waals surface area (Å²) in [5, 5.41) is 10.8. The van der Waals surface area contributed by atoms with Crippen LogP contribution >= 0.6 is 34.5 Å². The predicted molar refractivity (Wildman–Crippen MR) is 128 cm³/mol. The summed E-state index contributed by atoms with van der Waals surface area (Å²) in [4.78, 5) is 17.1. The number of aromatic nitrogens is 3. The van der Waals surface area contributed by atoms with E-state index >= 15 is 0 Å². The SMILES string of the molecule is Cc1ccc(OCc2nc(CC(=O)Nc3ccnn3Cc3cccc(Cl)c3Cl)cs2)cc1. The second-order valence-electron chi connectivity index (χ2n) is 7.15. The molecular weight excluding hydrogens is 467 g/mol. The molecule has 9 heteroatoms. The van der Waals surface area contributed by atoms with E-state index in [1.807, 2.05) is 48.7 Å². The van der Waals surface area contributed by atoms with Gasteiger partial charge in [-0.15, -0.1) is 11.3 Å². The highest BCUT2D eigenvalue weighted by Crippen LogP contribution is 2.26. The number of ether oxygens (including phenoxy) is 1. The van der Waals surface area contributed by atoms with Crippen LogP contribution in [0.3, 0.4) is 0 Å². The van der Waals surface area contributed by atoms with Crippen LogP contribution in [0.25, 0.3) is 0 Å². The molecule has 2 aromatic carbocycles. The van der Waals surface area contributed by atoms with Crippen molar-refractivity contribution in [2.75, 3.05) is 5.32 Å². The molecule has 0 aliphatic heterocycles. The first-order valence-corrected chi connectivity index (χ1v) is 11.5. The van der Waals surface area contributed by atoms with E-state index in [2.05, 4.69) is 15.4 Å². The van der Waals surface area contributed by atoms with E-state index in [-0.39, 0.29) is 12.3 Å². The number of nitrogens with zero attached hydrogens (tertiary/aromatic N) is 3. The summed E-state index contributed by atoms with van der Waals surface area (Å²) in [5.74, 6) is 1.18. The van der Waals surface area contributed by atoms with E-state index in [4.69, 9.17) is 27.9 Å². The minimum atomic E-state index is -0.180. The molecule has 4 aromatic rings. The van der Waals surface area contributed by atoms with Crippen LogP contribution in [0.4, 0.5) is 5.82 Å². The van der Waals surface area contributed by atoms with Gasteiger partial charge in [-0.1, -0.05) is 53.0 Å². The van der Waals surface area contributed by atoms with Crippen LogP contribution in [-0.4, -0.2) is 20.7 Å². The number of amides is 1. The van der Waals surface area contributed by atoms with Gasteiger partial charge in [0.15, 0.2) is 0 Å². The molecule has 0 saturated heterocycles. The van der Waals surface area contributed by atoms with Gasteiger partial charge in [0.25, 0.3) is 0 Å². The Kier molecular flexibility index (Phi) is 7.09. The second-order valence-corrected chi connectivity index (χ2v) is 8.87. The van der Waals surface area contributed by atoms with E-state index in [0.717, 1.165) is 16.3 Å². The zero-order valence-corrected chi connectivity index (χ0v) is 19.5. The molecular formula is C23H20Cl2N4O2S. The molecule has 0 aliphatic carbocycles. The molecule has 0 saturated carbocycles. The highest BCUT2D eigenvalue weighted by molar-refractivity contribution is 7.09. The van der Waals surface area contributed by atoms with Crippen LogP contribution in [0.1, 0.15) is 21.8 Å². The maximum Gasteiger partial charge on any atom is 0.231 e. The van der Waals surface area contributed by atoms with E-state index in [1.54, 1.807) is 23.0 Å². The van der Waals surface area contributed by atoms with Crippen LogP contribution in [0.15, 0.2) is 60.1 Å². The van der Waals surface area contributed by atoms with Crippen molar-refractivity contribution in [1.82, 2.24) is 14.8 Å². The van der Waals surface area contributed by atoms with Crippen molar-refractivity contribution < 1.29 is 9.53 Å². The molecule has 0 spiro atoms. The van der Waals surface area contributed by atoms with Crippen LogP contribution in [0.5, 0.6) is 5.75 Å². The molecule has 0 radical (unpaired) electrons. The second kappa shape index (κ2) is 10.2. The highest BCUT2D eigenvalue weighted by Gasteiger charge is 2.13. The van der Waals surface area contributed by atoms with Crippen LogP contribution in [0.2, 0.25) is 10.0 Å². The van der Waals surface area contributed by atoms with Crippen molar-refractivity contribution >= 4 is 46.3 Å². The molecule has 0 aliphatic rings. The number of hydrogen-bond acceptors (Lipinski definition) is 5. The van der Waals surface area contributed by atoms with Gasteiger partial charge in [0, 0.05) is 11.4 Å². The Hall–Kier alpha value is -2.87. The molecule has 0 atom stereocenters. The topological polar surface area (TPSA) is 69.0 Å². The number of halogens is 2. The molecule has 0 fully saturated rings. The fourth-order valence-electron chi connectivity index (χ4n) is 3.02. The Labute approximate surface area is 199 Å². The summed E-state index contributed by atoms with van der Waals surface area (Å²) in [6.45, 7) is 2.78. The maximum absolute atomic E-state index is 12.6. The number of rotatable bonds is 8. The average molecular weight is 487 g/mol. The zero-order valence-electron chi connectivity index (χ0n) is 17.2. The van der Waals surface area contributed by atoms with Crippen molar-refractivity contribution in [2.24, 2.45) is 0 Å². The first-order chi connectivity index (χ1) is 15.5. The average Bonchev–Trinajstić information content (AvgIpc) is 3.40. The summed E-state index contributed by atoms with van der Waals surface area (Å²) in [5.41, 5.74) is 2.69. The molecule has 32 heavy (non-hydrogen) atoms. The number of thiazole rings is 1. The fraction of sp³-hybridized carbons (Fsp3) is 0.174. The lowest BCUT2D eigenvalue weighted by molar-refractivity contribution is -0.115. The lowest BCUT2D eigenvalue weighted by atomic mass is 10.2. The Morgan fingerprint density at radius 3 is 2.78 bits per heavy atom. The monoisotopic (exact) mass is 486 g/mol. The molecule has 0 bridgehead atoms. The van der Waals surface area contributed by atoms with Crippen molar-refractivity contribution in [2.45, 2.75) is 26.5 Å². The van der Waals surface area contributed by atoms with Crippen LogP contribution in [0, 0.1) is 6.92 Å². The number of carbonyl (C=O) groups excluding carboxylic acids is 1. The predicted octanol–water partition coefficient (Wildman–Crippen LogP) is 5.76. The lowest BCUT2D eigenvalue weighted by Crippen LogP contribution is -2.18. The van der Waals surface area contributed by atoms with E-state index in [9.17, 15) is 4.79 Å². The Bertz CT molecular complexity index is 1220. The molecule has 164 valence electrons. The summed E-state index contributed by atoms with van der Waals surface area (Å²) < 4.78 is 7.42. The molecule has 1 N–H and O–H groups in total. The number of aryl methyl sites for hydroxylation is 1. The third-order valence-electron chi connectivity index (χ3n) is 4.66. The number of hydrogen-bond donors (Lipinski definition) is 1. The summed E-state index contributed by atoms with van der Waals surface area (Å²) in [6, 6.07) is 15.0. The fourth-order valence-corrected chi connectivity index (χ4v) is 4.11. The van der Waals surface area contributed by atoms with Crippen molar-refractivity contribution in [3.63, 3.8) is 0 Å². The molecule has 2 aromatic heterocycles. The smallest absolute Gasteiger partial charge is 0.231 e. The van der Waals surface area contributed by atoms with Gasteiger partial charge in [-0.3, -0.25) is 4.79 Å².